The summed E-state index contributed by atoms with van der Waals surface area (Å²) >= 11 is 1.27. The Bertz CT molecular complexity index is 546. The van der Waals surface area contributed by atoms with Crippen molar-refractivity contribution in [2.24, 2.45) is 0 Å². The van der Waals surface area contributed by atoms with Crippen molar-refractivity contribution in [2.45, 2.75) is 6.92 Å². The highest BCUT2D eigenvalue weighted by Crippen LogP contribution is 2.29. The topological polar surface area (TPSA) is 17.1 Å². The van der Waals surface area contributed by atoms with E-state index in [2.05, 4.69) is 0 Å². The maximum atomic E-state index is 13.0. The number of rotatable bonds is 2. The van der Waals surface area contributed by atoms with Crippen LogP contribution < -0.4 is 0 Å². The predicted molar refractivity (Wildman–Crippen MR) is 59.7 cm³/mol. The Morgan fingerprint density at radius 2 is 1.88 bits per heavy atom. The summed E-state index contributed by atoms with van der Waals surface area (Å²) in [5, 5.41) is 0. The lowest BCUT2D eigenvalue weighted by atomic mass is 10.2. The van der Waals surface area contributed by atoms with E-state index in [-0.39, 0.29) is 5.78 Å². The van der Waals surface area contributed by atoms with E-state index < -0.39 is 11.6 Å². The van der Waals surface area contributed by atoms with Crippen LogP contribution in [0.2, 0.25) is 0 Å². The van der Waals surface area contributed by atoms with Gasteiger partial charge in [0.15, 0.2) is 17.4 Å². The van der Waals surface area contributed by atoms with Crippen LogP contribution in [-0.2, 0) is 0 Å². The van der Waals surface area contributed by atoms with E-state index in [1.165, 1.54) is 24.3 Å². The first-order chi connectivity index (χ1) is 7.58. The van der Waals surface area contributed by atoms with E-state index in [4.69, 9.17) is 0 Å². The largest absolute Gasteiger partial charge is 0.294 e. The van der Waals surface area contributed by atoms with Crippen molar-refractivity contribution in [1.29, 1.82) is 0 Å². The first-order valence-corrected chi connectivity index (χ1v) is 5.46. The molecule has 0 bridgehead atoms. The Labute approximate surface area is 95.4 Å². The lowest BCUT2D eigenvalue weighted by Crippen LogP contribution is -1.84. The van der Waals surface area contributed by atoms with Gasteiger partial charge in [0, 0.05) is 4.88 Å². The number of hydrogen-bond acceptors (Lipinski definition) is 2. The van der Waals surface area contributed by atoms with Crippen LogP contribution >= 0.6 is 11.3 Å². The molecule has 16 heavy (non-hydrogen) atoms. The third-order valence-corrected chi connectivity index (χ3v) is 3.39. The van der Waals surface area contributed by atoms with E-state index >= 15 is 0 Å². The second kappa shape index (κ2) is 4.14. The van der Waals surface area contributed by atoms with Crippen LogP contribution in [0.4, 0.5) is 8.78 Å². The summed E-state index contributed by atoms with van der Waals surface area (Å²) in [6.07, 6.45) is 0. The molecule has 1 aromatic carbocycles. The molecule has 0 atom stereocenters. The quantitative estimate of drug-likeness (QED) is 0.725. The van der Waals surface area contributed by atoms with Crippen LogP contribution in [0.25, 0.3) is 10.4 Å². The minimum Gasteiger partial charge on any atom is -0.294 e. The van der Waals surface area contributed by atoms with Crippen molar-refractivity contribution in [3.63, 3.8) is 0 Å². The van der Waals surface area contributed by atoms with Crippen molar-refractivity contribution in [3.8, 4) is 10.4 Å². The van der Waals surface area contributed by atoms with Crippen molar-refractivity contribution in [1.82, 2.24) is 0 Å². The fourth-order valence-electron chi connectivity index (χ4n) is 1.33. The summed E-state index contributed by atoms with van der Waals surface area (Å²) in [7, 11) is 0. The lowest BCUT2D eigenvalue weighted by Gasteiger charge is -1.98. The molecule has 1 nitrogen and oxygen atoms in total. The molecule has 0 saturated carbocycles. The molecule has 0 saturated heterocycles. The SMILES string of the molecule is CC(=O)c1ccc(-c2ccc(F)c(F)c2)s1. The van der Waals surface area contributed by atoms with E-state index in [1.54, 1.807) is 12.1 Å². The number of thiophene rings is 1. The number of halogens is 2. The molecule has 0 radical (unpaired) electrons. The molecule has 0 aliphatic heterocycles. The highest BCUT2D eigenvalue weighted by Gasteiger charge is 2.08. The highest BCUT2D eigenvalue weighted by molar-refractivity contribution is 7.17. The van der Waals surface area contributed by atoms with Gasteiger partial charge in [-0.2, -0.15) is 0 Å². The summed E-state index contributed by atoms with van der Waals surface area (Å²) < 4.78 is 25.7. The third kappa shape index (κ3) is 2.02. The molecule has 4 heteroatoms. The molecule has 2 rings (SSSR count). The zero-order valence-electron chi connectivity index (χ0n) is 8.46. The third-order valence-electron chi connectivity index (χ3n) is 2.16. The molecule has 0 N–H and O–H groups in total. The van der Waals surface area contributed by atoms with Crippen molar-refractivity contribution < 1.29 is 13.6 Å². The highest BCUT2D eigenvalue weighted by atomic mass is 32.1. The summed E-state index contributed by atoms with van der Waals surface area (Å²) in [6.45, 7) is 1.47. The van der Waals surface area contributed by atoms with Crippen LogP contribution in [0.15, 0.2) is 30.3 Å². The number of benzene rings is 1. The molecule has 0 aliphatic rings. The van der Waals surface area contributed by atoms with E-state index in [9.17, 15) is 13.6 Å². The van der Waals surface area contributed by atoms with Crippen LogP contribution in [0, 0.1) is 11.6 Å². The number of hydrogen-bond donors (Lipinski definition) is 0. The van der Waals surface area contributed by atoms with Gasteiger partial charge in [-0.05, 0) is 36.8 Å². The van der Waals surface area contributed by atoms with Crippen molar-refractivity contribution in [2.75, 3.05) is 0 Å². The second-order valence-corrected chi connectivity index (χ2v) is 4.43. The Morgan fingerprint density at radius 3 is 2.44 bits per heavy atom. The fourth-order valence-corrected chi connectivity index (χ4v) is 2.23. The molecule has 0 amide bonds. The van der Waals surface area contributed by atoms with Crippen molar-refractivity contribution in [3.05, 3.63) is 46.8 Å². The molecule has 0 aliphatic carbocycles. The zero-order valence-corrected chi connectivity index (χ0v) is 9.28. The van der Waals surface area contributed by atoms with Gasteiger partial charge in [0.05, 0.1) is 4.88 Å². The van der Waals surface area contributed by atoms with Gasteiger partial charge >= 0.3 is 0 Å². The minimum absolute atomic E-state index is 0.0289. The number of ketones is 1. The van der Waals surface area contributed by atoms with Gasteiger partial charge in [0.1, 0.15) is 0 Å². The Morgan fingerprint density at radius 1 is 1.12 bits per heavy atom. The summed E-state index contributed by atoms with van der Waals surface area (Å²) in [6, 6.07) is 7.12. The molecule has 2 aromatic rings. The van der Waals surface area contributed by atoms with Gasteiger partial charge < -0.3 is 0 Å². The Balaban J connectivity index is 2.42. The van der Waals surface area contributed by atoms with Gasteiger partial charge in [-0.25, -0.2) is 8.78 Å². The normalized spacial score (nSPS) is 10.4. The molecule has 0 unspecified atom stereocenters. The standard InChI is InChI=1S/C12H8F2OS/c1-7(15)11-4-5-12(16-11)8-2-3-9(13)10(14)6-8/h2-6H,1H3. The molecule has 1 aromatic heterocycles. The smallest absolute Gasteiger partial charge is 0.169 e. The van der Waals surface area contributed by atoms with E-state index in [0.717, 1.165) is 17.0 Å². The molecule has 82 valence electrons. The van der Waals surface area contributed by atoms with Crippen LogP contribution in [0.5, 0.6) is 0 Å². The first-order valence-electron chi connectivity index (χ1n) is 4.64. The van der Waals surface area contributed by atoms with Crippen LogP contribution in [0.1, 0.15) is 16.6 Å². The van der Waals surface area contributed by atoms with Gasteiger partial charge in [-0.3, -0.25) is 4.79 Å². The maximum Gasteiger partial charge on any atom is 0.169 e. The second-order valence-electron chi connectivity index (χ2n) is 3.35. The average Bonchev–Trinajstić information content (AvgIpc) is 2.71. The minimum atomic E-state index is -0.879. The van der Waals surface area contributed by atoms with Crippen molar-refractivity contribution >= 4 is 17.1 Å². The number of carbonyl (C=O) groups excluding carboxylic acids is 1. The average molecular weight is 238 g/mol. The Kier molecular flexibility index (Phi) is 2.83. The Hall–Kier alpha value is -1.55. The molecule has 0 spiro atoms. The van der Waals surface area contributed by atoms with Gasteiger partial charge in [0.2, 0.25) is 0 Å². The van der Waals surface area contributed by atoms with Gasteiger partial charge in [0.25, 0.3) is 0 Å². The summed E-state index contributed by atoms with van der Waals surface area (Å²) in [5.41, 5.74) is 0.580. The molecular weight excluding hydrogens is 230 g/mol. The summed E-state index contributed by atoms with van der Waals surface area (Å²) in [5.74, 6) is -1.78. The fraction of sp³-hybridized carbons (Fsp3) is 0.0833. The predicted octanol–water partition coefficient (Wildman–Crippen LogP) is 3.90. The van der Waals surface area contributed by atoms with Crippen LogP contribution in [-0.4, -0.2) is 5.78 Å². The molecule has 1 heterocycles. The van der Waals surface area contributed by atoms with Gasteiger partial charge in [-0.1, -0.05) is 6.07 Å². The first kappa shape index (κ1) is 11.0. The molecular formula is C12H8F2OS. The zero-order chi connectivity index (χ0) is 11.7. The van der Waals surface area contributed by atoms with Crippen LogP contribution in [0.3, 0.4) is 0 Å². The summed E-state index contributed by atoms with van der Waals surface area (Å²) in [4.78, 5) is 12.5. The van der Waals surface area contributed by atoms with E-state index in [0.29, 0.717) is 10.4 Å². The number of Topliss-reactive ketones (excluding diaryl/α,β-unsaturated/α-hetero) is 1. The van der Waals surface area contributed by atoms with E-state index in [1.807, 2.05) is 0 Å². The lowest BCUT2D eigenvalue weighted by molar-refractivity contribution is 0.102. The number of carbonyl (C=O) groups is 1. The van der Waals surface area contributed by atoms with Gasteiger partial charge in [-0.15, -0.1) is 11.3 Å². The molecule has 0 fully saturated rings. The maximum absolute atomic E-state index is 13.0. The monoisotopic (exact) mass is 238 g/mol.